The van der Waals surface area contributed by atoms with E-state index >= 15 is 0 Å². The van der Waals surface area contributed by atoms with Crippen LogP contribution in [0, 0.1) is 0 Å². The van der Waals surface area contributed by atoms with E-state index in [4.69, 9.17) is 23.7 Å². The van der Waals surface area contributed by atoms with E-state index in [9.17, 15) is 0 Å². The van der Waals surface area contributed by atoms with Gasteiger partial charge in [-0.25, -0.2) is 0 Å². The highest BCUT2D eigenvalue weighted by Crippen LogP contribution is 2.51. The first-order valence-corrected chi connectivity index (χ1v) is 13.4. The normalized spacial score (nSPS) is 18.8. The summed E-state index contributed by atoms with van der Waals surface area (Å²) in [6.07, 6.45) is 3.28. The second-order valence-corrected chi connectivity index (χ2v) is 9.67. The van der Waals surface area contributed by atoms with Crippen LogP contribution < -0.4 is 23.7 Å². The van der Waals surface area contributed by atoms with Crippen LogP contribution in [0.1, 0.15) is 34.9 Å². The summed E-state index contributed by atoms with van der Waals surface area (Å²) in [5, 5.41) is 0. The maximum atomic E-state index is 6.33. The van der Waals surface area contributed by atoms with Gasteiger partial charge in [0, 0.05) is 17.4 Å². The molecular weight excluding hydrogens is 488 g/mol. The van der Waals surface area contributed by atoms with Gasteiger partial charge in [-0.05, 0) is 59.5 Å². The molecule has 6 rings (SSSR count). The van der Waals surface area contributed by atoms with Crippen molar-refractivity contribution in [1.82, 2.24) is 0 Å². The van der Waals surface area contributed by atoms with Gasteiger partial charge >= 0.3 is 0 Å². The third kappa shape index (κ3) is 5.44. The van der Waals surface area contributed by atoms with Crippen molar-refractivity contribution in [3.05, 3.63) is 120 Å². The highest BCUT2D eigenvalue weighted by Gasteiger charge is 2.34. The zero-order chi connectivity index (χ0) is 26.4. The molecule has 1 aliphatic heterocycles. The molecule has 0 unspecified atom stereocenters. The van der Waals surface area contributed by atoms with Gasteiger partial charge in [0.1, 0.15) is 43.7 Å². The molecule has 0 amide bonds. The average Bonchev–Trinajstić information content (AvgIpc) is 3.43. The predicted molar refractivity (Wildman–Crippen MR) is 152 cm³/mol. The number of para-hydroxylation sites is 4. The number of fused-ring (bicyclic) bond motifs is 6. The standard InChI is InChI=1S/C34H32O5/c1-35-26-16-14-24(15-17-26)25-22-29-27-8-2-4-10-31(27)36-18-20-38-33-12-6-7-13-34(33)39-21-19-37-32-11-5-3-9-28(32)30(29)23-25/h2-17,22,29-30H,18-21,23H2,1H3/t29-,30+/m1/s1. The molecule has 2 atom stereocenters. The Morgan fingerprint density at radius 1 is 0.564 bits per heavy atom. The van der Waals surface area contributed by atoms with Gasteiger partial charge in [0.15, 0.2) is 11.5 Å². The SMILES string of the molecule is COc1ccc(C2=C[C@@H]3c4ccccc4OCCOc4ccccc4OCCOc4ccccc4[C@@H]3C2)cc1. The Balaban J connectivity index is 1.39. The van der Waals surface area contributed by atoms with Crippen LogP contribution in [-0.4, -0.2) is 33.5 Å². The summed E-state index contributed by atoms with van der Waals surface area (Å²) in [6, 6.07) is 32.7. The molecule has 39 heavy (non-hydrogen) atoms. The van der Waals surface area contributed by atoms with Crippen LogP contribution in [0.5, 0.6) is 28.7 Å². The van der Waals surface area contributed by atoms with E-state index in [1.54, 1.807) is 7.11 Å². The molecule has 0 N–H and O–H groups in total. The first kappa shape index (κ1) is 24.9. The van der Waals surface area contributed by atoms with E-state index in [1.807, 2.05) is 54.6 Å². The lowest BCUT2D eigenvalue weighted by atomic mass is 9.82. The lowest BCUT2D eigenvalue weighted by molar-refractivity contribution is 0.189. The van der Waals surface area contributed by atoms with Crippen molar-refractivity contribution in [2.45, 2.75) is 18.3 Å². The largest absolute Gasteiger partial charge is 0.497 e. The van der Waals surface area contributed by atoms with Gasteiger partial charge in [-0.1, -0.05) is 66.7 Å². The van der Waals surface area contributed by atoms with Gasteiger partial charge in [-0.3, -0.25) is 0 Å². The van der Waals surface area contributed by atoms with Crippen molar-refractivity contribution in [2.75, 3.05) is 33.5 Å². The van der Waals surface area contributed by atoms with E-state index < -0.39 is 0 Å². The van der Waals surface area contributed by atoms with Crippen molar-refractivity contribution < 1.29 is 23.7 Å². The molecule has 0 radical (unpaired) electrons. The van der Waals surface area contributed by atoms with E-state index in [1.165, 1.54) is 16.7 Å². The van der Waals surface area contributed by atoms with Gasteiger partial charge in [-0.2, -0.15) is 0 Å². The minimum absolute atomic E-state index is 0.119. The number of ether oxygens (including phenoxy) is 5. The van der Waals surface area contributed by atoms with Gasteiger partial charge in [0.2, 0.25) is 0 Å². The first-order chi connectivity index (χ1) is 19.3. The van der Waals surface area contributed by atoms with Gasteiger partial charge in [-0.15, -0.1) is 0 Å². The summed E-state index contributed by atoms with van der Waals surface area (Å²) in [6.45, 7) is 1.69. The van der Waals surface area contributed by atoms with Gasteiger partial charge in [0.25, 0.3) is 0 Å². The third-order valence-corrected chi connectivity index (χ3v) is 7.36. The summed E-state index contributed by atoms with van der Waals surface area (Å²) in [5.74, 6) is 4.32. The minimum Gasteiger partial charge on any atom is -0.497 e. The number of hydrogen-bond donors (Lipinski definition) is 0. The first-order valence-electron chi connectivity index (χ1n) is 13.4. The Morgan fingerprint density at radius 3 is 1.64 bits per heavy atom. The molecule has 0 fully saturated rings. The summed E-state index contributed by atoms with van der Waals surface area (Å²) < 4.78 is 30.1. The zero-order valence-corrected chi connectivity index (χ0v) is 22.0. The Hall–Kier alpha value is -4.38. The van der Waals surface area contributed by atoms with Gasteiger partial charge in [0.05, 0.1) is 7.11 Å². The fourth-order valence-electron chi connectivity index (χ4n) is 5.49. The van der Waals surface area contributed by atoms with Crippen molar-refractivity contribution in [3.63, 3.8) is 0 Å². The van der Waals surface area contributed by atoms with E-state index in [-0.39, 0.29) is 11.8 Å². The molecule has 198 valence electrons. The van der Waals surface area contributed by atoms with Crippen molar-refractivity contribution in [2.24, 2.45) is 0 Å². The average molecular weight is 521 g/mol. The summed E-state index contributed by atoms with van der Waals surface area (Å²) >= 11 is 0. The number of hydrogen-bond acceptors (Lipinski definition) is 5. The Bertz CT molecular complexity index is 1440. The third-order valence-electron chi connectivity index (χ3n) is 7.36. The fraction of sp³-hybridized carbons (Fsp3) is 0.235. The fourth-order valence-corrected chi connectivity index (χ4v) is 5.49. The second-order valence-electron chi connectivity index (χ2n) is 9.67. The van der Waals surface area contributed by atoms with Crippen LogP contribution in [0.25, 0.3) is 5.57 Å². The second kappa shape index (κ2) is 11.6. The highest BCUT2D eigenvalue weighted by molar-refractivity contribution is 5.72. The Morgan fingerprint density at radius 2 is 1.05 bits per heavy atom. The van der Waals surface area contributed by atoms with Crippen LogP contribution in [0.2, 0.25) is 0 Å². The predicted octanol–water partition coefficient (Wildman–Crippen LogP) is 7.28. The Labute approximate surface area is 229 Å². The lowest BCUT2D eigenvalue weighted by Gasteiger charge is -2.25. The van der Waals surface area contributed by atoms with E-state index in [0.717, 1.165) is 29.2 Å². The van der Waals surface area contributed by atoms with E-state index in [0.29, 0.717) is 37.9 Å². The molecule has 2 aliphatic rings. The van der Waals surface area contributed by atoms with E-state index in [2.05, 4.69) is 48.5 Å². The molecule has 4 aromatic rings. The number of methoxy groups -OCH3 is 1. The quantitative estimate of drug-likeness (QED) is 0.278. The number of benzene rings is 4. The molecule has 0 saturated carbocycles. The molecular formula is C34H32O5. The number of rotatable bonds is 2. The van der Waals surface area contributed by atoms with Crippen LogP contribution in [0.3, 0.4) is 0 Å². The monoisotopic (exact) mass is 520 g/mol. The molecule has 5 nitrogen and oxygen atoms in total. The van der Waals surface area contributed by atoms with Crippen LogP contribution in [-0.2, 0) is 0 Å². The molecule has 1 heterocycles. The molecule has 1 aliphatic carbocycles. The summed E-state index contributed by atoms with van der Waals surface area (Å²) in [5.41, 5.74) is 4.85. The van der Waals surface area contributed by atoms with Crippen LogP contribution >= 0.6 is 0 Å². The van der Waals surface area contributed by atoms with Crippen LogP contribution in [0.4, 0.5) is 0 Å². The van der Waals surface area contributed by atoms with Crippen molar-refractivity contribution in [3.8, 4) is 28.7 Å². The Kier molecular flexibility index (Phi) is 7.39. The van der Waals surface area contributed by atoms with Gasteiger partial charge < -0.3 is 23.7 Å². The molecule has 5 heteroatoms. The summed E-state index contributed by atoms with van der Waals surface area (Å²) in [7, 11) is 1.69. The minimum atomic E-state index is 0.119. The topological polar surface area (TPSA) is 46.2 Å². The molecule has 0 aromatic heterocycles. The van der Waals surface area contributed by atoms with Crippen LogP contribution in [0.15, 0.2) is 103 Å². The maximum absolute atomic E-state index is 6.33. The molecule has 0 saturated heterocycles. The summed E-state index contributed by atoms with van der Waals surface area (Å²) in [4.78, 5) is 0. The zero-order valence-electron chi connectivity index (χ0n) is 22.0. The molecule has 0 spiro atoms. The van der Waals surface area contributed by atoms with Crippen molar-refractivity contribution in [1.29, 1.82) is 0 Å². The molecule has 4 aromatic carbocycles. The number of allylic oxidation sites excluding steroid dienone is 2. The smallest absolute Gasteiger partial charge is 0.161 e. The molecule has 0 bridgehead atoms. The lowest BCUT2D eigenvalue weighted by Crippen LogP contribution is -2.15. The maximum Gasteiger partial charge on any atom is 0.161 e. The highest BCUT2D eigenvalue weighted by atomic mass is 16.6. The van der Waals surface area contributed by atoms with Crippen molar-refractivity contribution >= 4 is 5.57 Å².